The highest BCUT2D eigenvalue weighted by molar-refractivity contribution is 6.78. The lowest BCUT2D eigenvalue weighted by Crippen LogP contribution is -2.50. The Morgan fingerprint density at radius 2 is 1.37 bits per heavy atom. The van der Waals surface area contributed by atoms with Crippen molar-refractivity contribution in [1.29, 1.82) is 0 Å². The van der Waals surface area contributed by atoms with E-state index < -0.39 is 8.32 Å². The second kappa shape index (κ2) is 5.99. The fourth-order valence-corrected chi connectivity index (χ4v) is 8.58. The minimum absolute atomic E-state index is 0.286. The molecular formula is C16H28O2Si. The van der Waals surface area contributed by atoms with Gasteiger partial charge in [0.2, 0.25) is 0 Å². The van der Waals surface area contributed by atoms with Gasteiger partial charge in [0, 0.05) is 6.07 Å². The Bertz CT molecular complexity index is 383. The van der Waals surface area contributed by atoms with E-state index >= 15 is 0 Å². The largest absolute Gasteiger partial charge is 0.543 e. The van der Waals surface area contributed by atoms with Crippen LogP contribution >= 0.6 is 0 Å². The summed E-state index contributed by atoms with van der Waals surface area (Å²) in [5.74, 6) is 1.11. The summed E-state index contributed by atoms with van der Waals surface area (Å²) in [5.41, 5.74) is 2.65. The molecular weight excluding hydrogens is 252 g/mol. The number of benzene rings is 1. The molecule has 0 heterocycles. The van der Waals surface area contributed by atoms with E-state index in [4.69, 9.17) is 4.43 Å². The molecule has 0 saturated heterocycles. The smallest absolute Gasteiger partial charge is 0.258 e. The van der Waals surface area contributed by atoms with Gasteiger partial charge >= 0.3 is 0 Å². The van der Waals surface area contributed by atoms with Gasteiger partial charge in [0.25, 0.3) is 8.32 Å². The molecule has 1 rings (SSSR count). The Morgan fingerprint density at radius 1 is 0.895 bits per heavy atom. The number of phenols is 1. The number of hydrogen-bond acceptors (Lipinski definition) is 2. The summed E-state index contributed by atoms with van der Waals surface area (Å²) in [6.45, 7) is 15.6. The average molecular weight is 280 g/mol. The predicted octanol–water partition coefficient (Wildman–Crippen LogP) is 5.25. The van der Waals surface area contributed by atoms with Crippen LogP contribution in [0, 0.1) is 6.92 Å². The zero-order valence-electron chi connectivity index (χ0n) is 13.3. The maximum Gasteiger partial charge on any atom is 0.258 e. The van der Waals surface area contributed by atoms with Gasteiger partial charge in [0.15, 0.2) is 0 Å². The molecule has 0 aliphatic rings. The third kappa shape index (κ3) is 3.33. The van der Waals surface area contributed by atoms with Crippen molar-refractivity contribution in [3.8, 4) is 11.5 Å². The van der Waals surface area contributed by atoms with Gasteiger partial charge in [-0.15, -0.1) is 0 Å². The van der Waals surface area contributed by atoms with Crippen LogP contribution < -0.4 is 4.43 Å². The molecule has 0 amide bonds. The second-order valence-electron chi connectivity index (χ2n) is 6.42. The molecule has 3 heteroatoms. The van der Waals surface area contributed by atoms with E-state index in [1.807, 2.05) is 13.0 Å². The molecule has 1 N–H and O–H groups in total. The van der Waals surface area contributed by atoms with Gasteiger partial charge in [0.1, 0.15) is 11.5 Å². The highest BCUT2D eigenvalue weighted by Gasteiger charge is 2.47. The Kier molecular flexibility index (Phi) is 5.08. The first kappa shape index (κ1) is 16.1. The summed E-state index contributed by atoms with van der Waals surface area (Å²) in [6.07, 6.45) is 0. The summed E-state index contributed by atoms with van der Waals surface area (Å²) < 4.78 is 6.53. The van der Waals surface area contributed by atoms with Crippen molar-refractivity contribution in [2.24, 2.45) is 0 Å². The number of phenolic OH excluding ortho intramolecular Hbond substituents is 1. The Labute approximate surface area is 118 Å². The van der Waals surface area contributed by atoms with Crippen LogP contribution in [0.3, 0.4) is 0 Å². The molecule has 0 aliphatic carbocycles. The van der Waals surface area contributed by atoms with Crippen LogP contribution in [0.25, 0.3) is 0 Å². The van der Waals surface area contributed by atoms with Crippen LogP contribution in [0.2, 0.25) is 16.6 Å². The molecule has 0 bridgehead atoms. The van der Waals surface area contributed by atoms with Gasteiger partial charge in [-0.2, -0.15) is 0 Å². The first-order chi connectivity index (χ1) is 8.70. The van der Waals surface area contributed by atoms with Crippen molar-refractivity contribution >= 4 is 8.32 Å². The van der Waals surface area contributed by atoms with E-state index in [1.165, 1.54) is 0 Å². The zero-order chi connectivity index (χ0) is 14.8. The number of rotatable bonds is 5. The SMILES string of the molecule is Cc1cc(O)cc(O[Si](C(C)C)(C(C)C)C(C)C)c1. The molecule has 0 aliphatic heterocycles. The third-order valence-electron chi connectivity index (χ3n) is 4.04. The van der Waals surface area contributed by atoms with Gasteiger partial charge in [-0.05, 0) is 41.2 Å². The van der Waals surface area contributed by atoms with E-state index in [1.54, 1.807) is 12.1 Å². The first-order valence-corrected chi connectivity index (χ1v) is 9.33. The highest BCUT2D eigenvalue weighted by Crippen LogP contribution is 2.43. The van der Waals surface area contributed by atoms with Crippen LogP contribution in [-0.2, 0) is 0 Å². The minimum atomic E-state index is -1.93. The molecule has 19 heavy (non-hydrogen) atoms. The van der Waals surface area contributed by atoms with Crippen molar-refractivity contribution in [2.45, 2.75) is 65.1 Å². The van der Waals surface area contributed by atoms with E-state index in [0.717, 1.165) is 11.3 Å². The fourth-order valence-electron chi connectivity index (χ4n) is 3.35. The van der Waals surface area contributed by atoms with Crippen molar-refractivity contribution in [2.75, 3.05) is 0 Å². The van der Waals surface area contributed by atoms with Crippen molar-refractivity contribution in [3.05, 3.63) is 23.8 Å². The van der Waals surface area contributed by atoms with Crippen LogP contribution in [0.1, 0.15) is 47.1 Å². The summed E-state index contributed by atoms with van der Waals surface area (Å²) in [7, 11) is -1.93. The van der Waals surface area contributed by atoms with E-state index in [0.29, 0.717) is 16.6 Å². The molecule has 1 aromatic carbocycles. The molecule has 0 spiro atoms. The summed E-state index contributed by atoms with van der Waals surface area (Å²) in [6, 6.07) is 5.52. The molecule has 0 radical (unpaired) electrons. The summed E-state index contributed by atoms with van der Waals surface area (Å²) >= 11 is 0. The van der Waals surface area contributed by atoms with Gasteiger partial charge in [-0.1, -0.05) is 41.5 Å². The monoisotopic (exact) mass is 280 g/mol. The van der Waals surface area contributed by atoms with Crippen LogP contribution in [0.15, 0.2) is 18.2 Å². The van der Waals surface area contributed by atoms with E-state index in [-0.39, 0.29) is 5.75 Å². The van der Waals surface area contributed by atoms with Crippen LogP contribution in [-0.4, -0.2) is 13.4 Å². The normalized spacial score (nSPS) is 12.5. The molecule has 0 fully saturated rings. The number of hydrogen-bond donors (Lipinski definition) is 1. The van der Waals surface area contributed by atoms with Gasteiger partial charge in [-0.25, -0.2) is 0 Å². The minimum Gasteiger partial charge on any atom is -0.543 e. The van der Waals surface area contributed by atoms with Gasteiger partial charge < -0.3 is 9.53 Å². The lowest BCUT2D eigenvalue weighted by molar-refractivity contribution is 0.455. The molecule has 1 aromatic rings. The number of aryl methyl sites for hydroxylation is 1. The van der Waals surface area contributed by atoms with E-state index in [2.05, 4.69) is 41.5 Å². The van der Waals surface area contributed by atoms with Crippen molar-refractivity contribution < 1.29 is 9.53 Å². The van der Waals surface area contributed by atoms with Crippen molar-refractivity contribution in [3.63, 3.8) is 0 Å². The third-order valence-corrected chi connectivity index (χ3v) is 10.0. The zero-order valence-corrected chi connectivity index (χ0v) is 14.3. The lowest BCUT2D eigenvalue weighted by atomic mass is 10.2. The average Bonchev–Trinajstić information content (AvgIpc) is 2.22. The maximum absolute atomic E-state index is 9.74. The van der Waals surface area contributed by atoms with Crippen LogP contribution in [0.5, 0.6) is 11.5 Å². The highest BCUT2D eigenvalue weighted by atomic mass is 28.4. The fraction of sp³-hybridized carbons (Fsp3) is 0.625. The van der Waals surface area contributed by atoms with Gasteiger partial charge in [-0.3, -0.25) is 0 Å². The molecule has 108 valence electrons. The van der Waals surface area contributed by atoms with Crippen LogP contribution in [0.4, 0.5) is 0 Å². The molecule has 0 unspecified atom stereocenters. The van der Waals surface area contributed by atoms with E-state index in [9.17, 15) is 5.11 Å². The maximum atomic E-state index is 9.74. The number of aromatic hydroxyl groups is 1. The molecule has 0 aromatic heterocycles. The van der Waals surface area contributed by atoms with Gasteiger partial charge in [0.05, 0.1) is 0 Å². The van der Waals surface area contributed by atoms with Crippen molar-refractivity contribution in [1.82, 2.24) is 0 Å². The molecule has 0 saturated carbocycles. The summed E-state index contributed by atoms with van der Waals surface area (Å²) in [5, 5.41) is 9.74. The predicted molar refractivity (Wildman–Crippen MR) is 84.5 cm³/mol. The standard InChI is InChI=1S/C16H28O2Si/c1-11(2)19(12(3)4,13(5)6)18-16-9-14(7)8-15(17)10-16/h8-13,17H,1-7H3. The Morgan fingerprint density at radius 3 is 1.74 bits per heavy atom. The quantitative estimate of drug-likeness (QED) is 0.746. The lowest BCUT2D eigenvalue weighted by Gasteiger charge is -2.42. The summed E-state index contributed by atoms with van der Waals surface area (Å²) in [4.78, 5) is 0. The Balaban J connectivity index is 3.20. The molecule has 2 nitrogen and oxygen atoms in total. The Hall–Kier alpha value is -0.963. The topological polar surface area (TPSA) is 29.5 Å². The second-order valence-corrected chi connectivity index (χ2v) is 11.8. The first-order valence-electron chi connectivity index (χ1n) is 7.19. The molecule has 0 atom stereocenters.